The zero-order chi connectivity index (χ0) is 9.90. The third-order valence-electron chi connectivity index (χ3n) is 2.40. The highest BCUT2D eigenvalue weighted by Crippen LogP contribution is 2.21. The lowest BCUT2D eigenvalue weighted by Gasteiger charge is -2.20. The lowest BCUT2D eigenvalue weighted by molar-refractivity contribution is 0.145. The molecule has 2 unspecified atom stereocenters. The van der Waals surface area contributed by atoms with Gasteiger partial charge in [0.05, 0.1) is 18.1 Å². The van der Waals surface area contributed by atoms with Gasteiger partial charge in [0.15, 0.2) is 9.84 Å². The highest BCUT2D eigenvalue weighted by atomic mass is 32.2. The molecule has 0 spiro atoms. The number of hydrogen-bond acceptors (Lipinski definition) is 5. The van der Waals surface area contributed by atoms with Crippen molar-refractivity contribution in [3.8, 4) is 0 Å². The Morgan fingerprint density at radius 2 is 2.38 bits per heavy atom. The van der Waals surface area contributed by atoms with E-state index in [2.05, 4.69) is 5.43 Å². The number of sulfone groups is 1. The van der Waals surface area contributed by atoms with Crippen molar-refractivity contribution in [2.45, 2.75) is 12.5 Å². The summed E-state index contributed by atoms with van der Waals surface area (Å²) in [6, 6.07) is -0.0534. The molecule has 0 aromatic heterocycles. The molecule has 0 radical (unpaired) electrons. The van der Waals surface area contributed by atoms with Crippen LogP contribution in [0.15, 0.2) is 0 Å². The number of hydrogen-bond donors (Lipinski definition) is 2. The molecule has 3 N–H and O–H groups in total. The second-order valence-electron chi connectivity index (χ2n) is 3.39. The lowest BCUT2D eigenvalue weighted by atomic mass is 10.0. The van der Waals surface area contributed by atoms with Crippen LogP contribution in [0.3, 0.4) is 0 Å². The van der Waals surface area contributed by atoms with Gasteiger partial charge in [-0.25, -0.2) is 8.42 Å². The average molecular weight is 208 g/mol. The first-order valence-corrected chi connectivity index (χ1v) is 6.06. The van der Waals surface area contributed by atoms with Crippen molar-refractivity contribution in [2.75, 3.05) is 25.2 Å². The first-order valence-electron chi connectivity index (χ1n) is 4.24. The van der Waals surface area contributed by atoms with Gasteiger partial charge >= 0.3 is 0 Å². The van der Waals surface area contributed by atoms with E-state index in [0.717, 1.165) is 0 Å². The molecule has 1 aliphatic rings. The van der Waals surface area contributed by atoms with Crippen LogP contribution in [0.5, 0.6) is 0 Å². The topological polar surface area (TPSA) is 81.4 Å². The van der Waals surface area contributed by atoms with E-state index in [1.54, 1.807) is 7.11 Å². The molecule has 78 valence electrons. The molecule has 1 fully saturated rings. The number of rotatable bonds is 4. The molecule has 5 nitrogen and oxygen atoms in total. The molecule has 1 heterocycles. The van der Waals surface area contributed by atoms with Crippen LogP contribution >= 0.6 is 0 Å². The van der Waals surface area contributed by atoms with E-state index in [-0.39, 0.29) is 23.5 Å². The van der Waals surface area contributed by atoms with Gasteiger partial charge in [-0.3, -0.25) is 11.3 Å². The minimum absolute atomic E-state index is 0.0534. The molecular formula is C7H16N2O3S. The number of nitrogens with one attached hydrogen (secondary N) is 1. The van der Waals surface area contributed by atoms with Crippen LogP contribution < -0.4 is 11.3 Å². The van der Waals surface area contributed by atoms with Crippen molar-refractivity contribution in [3.05, 3.63) is 0 Å². The monoisotopic (exact) mass is 208 g/mol. The van der Waals surface area contributed by atoms with Gasteiger partial charge in [0.2, 0.25) is 0 Å². The summed E-state index contributed by atoms with van der Waals surface area (Å²) in [6.07, 6.45) is 0.681. The fourth-order valence-electron chi connectivity index (χ4n) is 1.64. The fourth-order valence-corrected chi connectivity index (χ4v) is 3.52. The Morgan fingerprint density at radius 1 is 1.69 bits per heavy atom. The zero-order valence-electron chi connectivity index (χ0n) is 7.69. The van der Waals surface area contributed by atoms with E-state index >= 15 is 0 Å². The maximum absolute atomic E-state index is 11.2. The predicted molar refractivity (Wildman–Crippen MR) is 49.7 cm³/mol. The molecule has 0 saturated carbocycles. The largest absolute Gasteiger partial charge is 0.383 e. The van der Waals surface area contributed by atoms with Crippen LogP contribution in [0.1, 0.15) is 6.42 Å². The molecule has 0 aliphatic carbocycles. The number of methoxy groups -OCH3 is 1. The zero-order valence-corrected chi connectivity index (χ0v) is 8.51. The summed E-state index contributed by atoms with van der Waals surface area (Å²) < 4.78 is 27.3. The van der Waals surface area contributed by atoms with E-state index in [1.165, 1.54) is 0 Å². The first kappa shape index (κ1) is 10.9. The lowest BCUT2D eigenvalue weighted by Crippen LogP contribution is -2.44. The summed E-state index contributed by atoms with van der Waals surface area (Å²) in [6.45, 7) is 0.455. The summed E-state index contributed by atoms with van der Waals surface area (Å²) in [5, 5.41) is 0. The predicted octanol–water partition coefficient (Wildman–Crippen LogP) is -1.10. The summed E-state index contributed by atoms with van der Waals surface area (Å²) in [5.41, 5.74) is 2.59. The van der Waals surface area contributed by atoms with Gasteiger partial charge in [0.25, 0.3) is 0 Å². The molecule has 2 atom stereocenters. The normalized spacial score (nSPS) is 28.9. The van der Waals surface area contributed by atoms with Crippen LogP contribution in [0.2, 0.25) is 0 Å². The highest BCUT2D eigenvalue weighted by Gasteiger charge is 2.33. The van der Waals surface area contributed by atoms with Crippen LogP contribution in [-0.2, 0) is 14.6 Å². The van der Waals surface area contributed by atoms with Crippen molar-refractivity contribution >= 4 is 9.84 Å². The van der Waals surface area contributed by atoms with Gasteiger partial charge in [-0.15, -0.1) is 0 Å². The second kappa shape index (κ2) is 4.36. The molecule has 1 aliphatic heterocycles. The van der Waals surface area contributed by atoms with Crippen LogP contribution in [-0.4, -0.2) is 39.7 Å². The van der Waals surface area contributed by atoms with Crippen LogP contribution in [0, 0.1) is 5.92 Å². The van der Waals surface area contributed by atoms with E-state index < -0.39 is 9.84 Å². The van der Waals surface area contributed by atoms with E-state index in [1.807, 2.05) is 0 Å². The maximum Gasteiger partial charge on any atom is 0.150 e. The van der Waals surface area contributed by atoms with Crippen molar-refractivity contribution in [1.82, 2.24) is 5.43 Å². The van der Waals surface area contributed by atoms with Crippen LogP contribution in [0.25, 0.3) is 0 Å². The Labute approximate surface area is 78.5 Å². The molecule has 0 amide bonds. The minimum Gasteiger partial charge on any atom is -0.383 e. The van der Waals surface area contributed by atoms with Crippen molar-refractivity contribution in [2.24, 2.45) is 11.8 Å². The smallest absolute Gasteiger partial charge is 0.150 e. The Morgan fingerprint density at radius 3 is 2.77 bits per heavy atom. The Kier molecular flexibility index (Phi) is 3.66. The molecule has 13 heavy (non-hydrogen) atoms. The standard InChI is InChI=1S/C7H16N2O3S/c1-12-4-7(9-8)6-2-3-13(10,11)5-6/h6-7,9H,2-5,8H2,1H3. The number of ether oxygens (including phenoxy) is 1. The van der Waals surface area contributed by atoms with Crippen molar-refractivity contribution < 1.29 is 13.2 Å². The molecule has 6 heteroatoms. The van der Waals surface area contributed by atoms with Crippen LogP contribution in [0.4, 0.5) is 0 Å². The molecule has 1 rings (SSSR count). The van der Waals surface area contributed by atoms with Gasteiger partial charge < -0.3 is 4.74 Å². The molecule has 0 aromatic rings. The van der Waals surface area contributed by atoms with Gasteiger partial charge in [0, 0.05) is 13.2 Å². The van der Waals surface area contributed by atoms with Gasteiger partial charge in [0.1, 0.15) is 0 Å². The molecule has 0 aromatic carbocycles. The summed E-state index contributed by atoms with van der Waals surface area (Å²) in [5.74, 6) is 5.90. The summed E-state index contributed by atoms with van der Waals surface area (Å²) >= 11 is 0. The Bertz CT molecular complexity index is 252. The number of hydrazine groups is 1. The van der Waals surface area contributed by atoms with Gasteiger partial charge in [-0.2, -0.15) is 0 Å². The Balaban J connectivity index is 2.52. The van der Waals surface area contributed by atoms with E-state index in [4.69, 9.17) is 10.6 Å². The molecular weight excluding hydrogens is 192 g/mol. The Hall–Kier alpha value is -0.170. The van der Waals surface area contributed by atoms with E-state index in [0.29, 0.717) is 13.0 Å². The maximum atomic E-state index is 11.2. The average Bonchev–Trinajstić information content (AvgIpc) is 2.42. The third kappa shape index (κ3) is 2.91. The quantitative estimate of drug-likeness (QED) is 0.453. The summed E-state index contributed by atoms with van der Waals surface area (Å²) in [4.78, 5) is 0. The fraction of sp³-hybridized carbons (Fsp3) is 1.00. The van der Waals surface area contributed by atoms with Gasteiger partial charge in [-0.05, 0) is 12.3 Å². The van der Waals surface area contributed by atoms with Gasteiger partial charge in [-0.1, -0.05) is 0 Å². The summed E-state index contributed by atoms with van der Waals surface area (Å²) in [7, 11) is -1.24. The molecule has 1 saturated heterocycles. The molecule has 0 bridgehead atoms. The second-order valence-corrected chi connectivity index (χ2v) is 5.62. The minimum atomic E-state index is -2.82. The van der Waals surface area contributed by atoms with E-state index in [9.17, 15) is 8.42 Å². The SMILES string of the molecule is COCC(NN)C1CCS(=O)(=O)C1. The van der Waals surface area contributed by atoms with Crippen molar-refractivity contribution in [3.63, 3.8) is 0 Å². The third-order valence-corrected chi connectivity index (χ3v) is 4.19. The van der Waals surface area contributed by atoms with Crippen molar-refractivity contribution in [1.29, 1.82) is 0 Å². The highest BCUT2D eigenvalue weighted by molar-refractivity contribution is 7.91. The number of nitrogens with two attached hydrogens (primary N) is 1. The first-order chi connectivity index (χ1) is 6.09.